The third-order valence-corrected chi connectivity index (χ3v) is 4.93. The molecule has 1 aromatic carbocycles. The Balaban J connectivity index is 1.52. The van der Waals surface area contributed by atoms with E-state index in [0.717, 1.165) is 33.3 Å². The Morgan fingerprint density at radius 2 is 1.96 bits per heavy atom. The summed E-state index contributed by atoms with van der Waals surface area (Å²) in [6, 6.07) is 8.22. The predicted octanol–water partition coefficient (Wildman–Crippen LogP) is 4.40. The fraction of sp³-hybridized carbons (Fsp3) is 0.316. The summed E-state index contributed by atoms with van der Waals surface area (Å²) >= 11 is 1.55. The van der Waals surface area contributed by atoms with Gasteiger partial charge in [0.05, 0.1) is 11.4 Å². The highest BCUT2D eigenvalue weighted by Crippen LogP contribution is 2.24. The summed E-state index contributed by atoms with van der Waals surface area (Å²) in [6.07, 6.45) is 0.879. The molecule has 25 heavy (non-hydrogen) atoms. The van der Waals surface area contributed by atoms with Crippen LogP contribution in [0.15, 0.2) is 34.2 Å². The van der Waals surface area contributed by atoms with Crippen LogP contribution in [0.4, 0.5) is 0 Å². The van der Waals surface area contributed by atoms with Crippen LogP contribution in [0.1, 0.15) is 34.7 Å². The SMILES string of the molecule is Cc1ccc(-c2nc(COC(=O)CCc3c(C)noc3C)cs2)cc1. The quantitative estimate of drug-likeness (QED) is 0.613. The molecule has 130 valence electrons. The van der Waals surface area contributed by atoms with Gasteiger partial charge in [-0.25, -0.2) is 4.98 Å². The van der Waals surface area contributed by atoms with E-state index in [0.29, 0.717) is 12.8 Å². The third-order valence-electron chi connectivity index (χ3n) is 3.99. The van der Waals surface area contributed by atoms with Crippen molar-refractivity contribution in [3.63, 3.8) is 0 Å². The third kappa shape index (κ3) is 4.33. The lowest BCUT2D eigenvalue weighted by Gasteiger charge is -2.03. The fourth-order valence-corrected chi connectivity index (χ4v) is 3.33. The topological polar surface area (TPSA) is 65.2 Å². The first kappa shape index (κ1) is 17.4. The van der Waals surface area contributed by atoms with Crippen molar-refractivity contribution in [1.29, 1.82) is 0 Å². The second-order valence-electron chi connectivity index (χ2n) is 5.97. The summed E-state index contributed by atoms with van der Waals surface area (Å²) in [5.41, 5.74) is 4.87. The number of aromatic nitrogens is 2. The summed E-state index contributed by atoms with van der Waals surface area (Å²) in [5, 5.41) is 6.75. The van der Waals surface area contributed by atoms with Gasteiger partial charge in [-0.05, 0) is 27.2 Å². The van der Waals surface area contributed by atoms with Crippen molar-refractivity contribution in [2.24, 2.45) is 0 Å². The van der Waals surface area contributed by atoms with Gasteiger partial charge in [0.25, 0.3) is 0 Å². The van der Waals surface area contributed by atoms with E-state index >= 15 is 0 Å². The molecule has 3 aromatic rings. The summed E-state index contributed by atoms with van der Waals surface area (Å²) in [5.74, 6) is 0.512. The second-order valence-corrected chi connectivity index (χ2v) is 6.83. The van der Waals surface area contributed by atoms with Gasteiger partial charge in [0.1, 0.15) is 17.4 Å². The molecule has 0 aliphatic heterocycles. The number of rotatable bonds is 6. The van der Waals surface area contributed by atoms with Crippen LogP contribution in [0, 0.1) is 20.8 Å². The van der Waals surface area contributed by atoms with E-state index in [4.69, 9.17) is 9.26 Å². The highest BCUT2D eigenvalue weighted by atomic mass is 32.1. The second kappa shape index (κ2) is 7.61. The molecule has 0 unspecified atom stereocenters. The zero-order valence-electron chi connectivity index (χ0n) is 14.5. The van der Waals surface area contributed by atoms with E-state index in [9.17, 15) is 4.79 Å². The lowest BCUT2D eigenvalue weighted by molar-refractivity contribution is -0.145. The molecule has 6 heteroatoms. The first-order chi connectivity index (χ1) is 12.0. The highest BCUT2D eigenvalue weighted by molar-refractivity contribution is 7.13. The molecule has 0 atom stereocenters. The van der Waals surface area contributed by atoms with Crippen LogP contribution in [-0.4, -0.2) is 16.1 Å². The van der Waals surface area contributed by atoms with E-state index in [-0.39, 0.29) is 12.6 Å². The number of ether oxygens (including phenoxy) is 1. The zero-order valence-corrected chi connectivity index (χ0v) is 15.4. The number of thiazole rings is 1. The van der Waals surface area contributed by atoms with Crippen molar-refractivity contribution in [3.05, 3.63) is 57.9 Å². The van der Waals surface area contributed by atoms with Crippen molar-refractivity contribution >= 4 is 17.3 Å². The highest BCUT2D eigenvalue weighted by Gasteiger charge is 2.13. The van der Waals surface area contributed by atoms with Crippen molar-refractivity contribution in [2.75, 3.05) is 0 Å². The number of nitrogens with zero attached hydrogens (tertiary/aromatic N) is 2. The van der Waals surface area contributed by atoms with Crippen LogP contribution >= 0.6 is 11.3 Å². The molecular weight excluding hydrogens is 336 g/mol. The Kier molecular flexibility index (Phi) is 5.28. The van der Waals surface area contributed by atoms with Crippen LogP contribution in [0.5, 0.6) is 0 Å². The summed E-state index contributed by atoms with van der Waals surface area (Å²) < 4.78 is 10.4. The molecule has 2 heterocycles. The summed E-state index contributed by atoms with van der Waals surface area (Å²) in [4.78, 5) is 16.5. The average Bonchev–Trinajstić information content (AvgIpc) is 3.19. The van der Waals surface area contributed by atoms with Crippen molar-refractivity contribution < 1.29 is 14.1 Å². The van der Waals surface area contributed by atoms with Gasteiger partial charge in [-0.2, -0.15) is 0 Å². The monoisotopic (exact) mass is 356 g/mol. The van der Waals surface area contributed by atoms with E-state index in [1.807, 2.05) is 31.4 Å². The zero-order chi connectivity index (χ0) is 17.8. The Morgan fingerprint density at radius 3 is 2.64 bits per heavy atom. The minimum Gasteiger partial charge on any atom is -0.459 e. The van der Waals surface area contributed by atoms with Crippen LogP contribution in [0.25, 0.3) is 10.6 Å². The molecular formula is C19H20N2O3S. The predicted molar refractivity (Wildman–Crippen MR) is 96.4 cm³/mol. The number of benzene rings is 1. The Hall–Kier alpha value is -2.47. The van der Waals surface area contributed by atoms with Gasteiger partial charge in [0.2, 0.25) is 0 Å². The summed E-state index contributed by atoms with van der Waals surface area (Å²) in [6.45, 7) is 5.98. The van der Waals surface area contributed by atoms with Crippen molar-refractivity contribution in [1.82, 2.24) is 10.1 Å². The first-order valence-corrected chi connectivity index (χ1v) is 8.99. The summed E-state index contributed by atoms with van der Waals surface area (Å²) in [7, 11) is 0. The lowest BCUT2D eigenvalue weighted by Crippen LogP contribution is -2.06. The Morgan fingerprint density at radius 1 is 1.20 bits per heavy atom. The first-order valence-electron chi connectivity index (χ1n) is 8.11. The van der Waals surface area contributed by atoms with Gasteiger partial charge >= 0.3 is 5.97 Å². The minimum atomic E-state index is -0.245. The number of esters is 1. The molecule has 0 bridgehead atoms. The van der Waals surface area contributed by atoms with Gasteiger partial charge in [-0.3, -0.25) is 4.79 Å². The maximum absolute atomic E-state index is 12.0. The largest absolute Gasteiger partial charge is 0.459 e. The van der Waals surface area contributed by atoms with Crippen molar-refractivity contribution in [3.8, 4) is 10.6 Å². The lowest BCUT2D eigenvalue weighted by atomic mass is 10.1. The van der Waals surface area contributed by atoms with Crippen LogP contribution < -0.4 is 0 Å². The number of aryl methyl sites for hydroxylation is 3. The molecule has 0 radical (unpaired) electrons. The normalized spacial score (nSPS) is 10.8. The smallest absolute Gasteiger partial charge is 0.306 e. The van der Waals surface area contributed by atoms with E-state index in [2.05, 4.69) is 29.2 Å². The molecule has 0 aliphatic carbocycles. The average molecular weight is 356 g/mol. The molecule has 3 rings (SSSR count). The molecule has 2 aromatic heterocycles. The molecule has 0 spiro atoms. The van der Waals surface area contributed by atoms with E-state index in [1.165, 1.54) is 5.56 Å². The molecule has 0 saturated carbocycles. The number of carbonyl (C=O) groups excluding carboxylic acids is 1. The van der Waals surface area contributed by atoms with Crippen LogP contribution in [0.2, 0.25) is 0 Å². The van der Waals surface area contributed by atoms with Crippen LogP contribution in [-0.2, 0) is 22.6 Å². The number of hydrogen-bond donors (Lipinski definition) is 0. The maximum Gasteiger partial charge on any atom is 0.306 e. The number of hydrogen-bond acceptors (Lipinski definition) is 6. The molecule has 0 fully saturated rings. The number of carbonyl (C=O) groups is 1. The molecule has 5 nitrogen and oxygen atoms in total. The molecule has 0 amide bonds. The van der Waals surface area contributed by atoms with Gasteiger partial charge < -0.3 is 9.26 Å². The molecule has 0 N–H and O–H groups in total. The van der Waals surface area contributed by atoms with E-state index < -0.39 is 0 Å². The van der Waals surface area contributed by atoms with E-state index in [1.54, 1.807) is 11.3 Å². The van der Waals surface area contributed by atoms with Gasteiger partial charge in [-0.15, -0.1) is 11.3 Å². The van der Waals surface area contributed by atoms with Gasteiger partial charge in [-0.1, -0.05) is 35.0 Å². The van der Waals surface area contributed by atoms with Crippen molar-refractivity contribution in [2.45, 2.75) is 40.2 Å². The Bertz CT molecular complexity index is 846. The van der Waals surface area contributed by atoms with Gasteiger partial charge in [0.15, 0.2) is 0 Å². The maximum atomic E-state index is 12.0. The van der Waals surface area contributed by atoms with Crippen LogP contribution in [0.3, 0.4) is 0 Å². The molecule has 0 saturated heterocycles. The minimum absolute atomic E-state index is 0.197. The standard InChI is InChI=1S/C19H20N2O3S/c1-12-4-6-15(7-5-12)19-20-16(11-25-19)10-23-18(22)9-8-17-13(2)21-24-14(17)3/h4-7,11H,8-10H2,1-3H3. The molecule has 0 aliphatic rings. The fourth-order valence-electron chi connectivity index (χ4n) is 2.51. The van der Waals surface area contributed by atoms with Gasteiger partial charge in [0, 0.05) is 22.9 Å². The Labute approximate surface area is 150 Å².